The molecule has 2 aliphatic heterocycles. The monoisotopic (exact) mass is 362 g/mol. The molecule has 0 saturated carbocycles. The molecule has 6 atom stereocenters. The summed E-state index contributed by atoms with van der Waals surface area (Å²) in [6, 6.07) is 18.5. The maximum absolute atomic E-state index is 6.50. The van der Waals surface area contributed by atoms with Crippen LogP contribution in [0.5, 0.6) is 0 Å². The van der Waals surface area contributed by atoms with E-state index in [2.05, 4.69) is 58.3 Å². The van der Waals surface area contributed by atoms with Crippen molar-refractivity contribution in [3.63, 3.8) is 0 Å². The predicted molar refractivity (Wildman–Crippen MR) is 103 cm³/mol. The minimum Gasteiger partial charge on any atom is -0.361 e. The fourth-order valence-corrected chi connectivity index (χ4v) is 5.50. The number of rotatable bonds is 0. The topological polar surface area (TPSA) is 24.9 Å². The van der Waals surface area contributed by atoms with Gasteiger partial charge in [-0.1, -0.05) is 48.5 Å². The molecule has 140 valence electrons. The normalized spacial score (nSPS) is 37.0. The maximum atomic E-state index is 6.50. The van der Waals surface area contributed by atoms with Gasteiger partial charge >= 0.3 is 0 Å². The first-order valence-electron chi connectivity index (χ1n) is 10.2. The Morgan fingerprint density at radius 3 is 1.44 bits per heavy atom. The summed E-state index contributed by atoms with van der Waals surface area (Å²) < 4.78 is 13.0. The molecule has 27 heavy (non-hydrogen) atoms. The average Bonchev–Trinajstić information content (AvgIpc) is 3.00. The Labute approximate surface area is 160 Å². The number of nitrogens with zero attached hydrogens (tertiary/aromatic N) is 2. The SMILES string of the molecule is c1ccc2c(c1)C[C@@H]1OCN3CN(CO[C@@H]4Cc5ccccc5C[C@H]43)[C@H]1C2. The highest BCUT2D eigenvalue weighted by molar-refractivity contribution is 5.33. The summed E-state index contributed by atoms with van der Waals surface area (Å²) in [6.07, 6.45) is 4.69. The average molecular weight is 362 g/mol. The van der Waals surface area contributed by atoms with Crippen LogP contribution in [0.3, 0.4) is 0 Å². The third-order valence-corrected chi connectivity index (χ3v) is 7.01. The smallest absolute Gasteiger partial charge is 0.101 e. The van der Waals surface area contributed by atoms with Crippen molar-refractivity contribution in [2.45, 2.75) is 50.0 Å². The summed E-state index contributed by atoms with van der Waals surface area (Å²) in [4.78, 5) is 5.05. The van der Waals surface area contributed by atoms with Crippen LogP contribution in [0, 0.1) is 0 Å². The molecular weight excluding hydrogens is 336 g/mol. The van der Waals surface area contributed by atoms with Crippen molar-refractivity contribution in [2.24, 2.45) is 0 Å². The standard InChI is InChI=1S/C23H26N2O2/c1-3-7-18-11-22-20(9-16(18)5-1)24-13-25(15-26-22)21-10-17-6-2-4-8-19(17)12-23(21)27-14-24/h1-8,20-23H,9-15H2/t20-,21+,22-,23+. The Morgan fingerprint density at radius 2 is 1.00 bits per heavy atom. The van der Waals surface area contributed by atoms with Gasteiger partial charge in [0, 0.05) is 24.9 Å². The van der Waals surface area contributed by atoms with Gasteiger partial charge in [0.1, 0.15) is 13.5 Å². The molecule has 2 unspecified atom stereocenters. The Morgan fingerprint density at radius 1 is 0.593 bits per heavy atom. The quantitative estimate of drug-likeness (QED) is 0.719. The van der Waals surface area contributed by atoms with Gasteiger partial charge in [-0.2, -0.15) is 0 Å². The van der Waals surface area contributed by atoms with Gasteiger partial charge in [0.15, 0.2) is 0 Å². The maximum Gasteiger partial charge on any atom is 0.101 e. The minimum absolute atomic E-state index is 0.265. The summed E-state index contributed by atoms with van der Waals surface area (Å²) in [6.45, 7) is 2.38. The van der Waals surface area contributed by atoms with Crippen LogP contribution in [0.2, 0.25) is 0 Å². The first kappa shape index (κ1) is 16.3. The van der Waals surface area contributed by atoms with Crippen molar-refractivity contribution in [2.75, 3.05) is 20.1 Å². The molecule has 0 radical (unpaired) electrons. The molecule has 0 amide bonds. The zero-order chi connectivity index (χ0) is 17.8. The molecule has 2 saturated heterocycles. The summed E-state index contributed by atoms with van der Waals surface area (Å²) in [5.41, 5.74) is 5.86. The number of hydrogen-bond acceptors (Lipinski definition) is 4. The Kier molecular flexibility index (Phi) is 3.86. The lowest BCUT2D eigenvalue weighted by molar-refractivity contribution is -0.0878. The zero-order valence-electron chi connectivity index (χ0n) is 15.6. The highest BCUT2D eigenvalue weighted by atomic mass is 16.5. The second-order valence-electron chi connectivity index (χ2n) is 8.48. The lowest BCUT2D eigenvalue weighted by Crippen LogP contribution is -2.49. The third kappa shape index (κ3) is 2.74. The highest BCUT2D eigenvalue weighted by Gasteiger charge is 2.43. The fourth-order valence-electron chi connectivity index (χ4n) is 5.50. The summed E-state index contributed by atoms with van der Waals surface area (Å²) >= 11 is 0. The Balaban J connectivity index is 1.30. The fraction of sp³-hybridized carbons (Fsp3) is 0.478. The van der Waals surface area contributed by atoms with Crippen LogP contribution < -0.4 is 0 Å². The molecule has 2 aromatic rings. The molecule has 2 bridgehead atoms. The van der Waals surface area contributed by atoms with Crippen LogP contribution in [-0.2, 0) is 35.2 Å². The van der Waals surface area contributed by atoms with Crippen LogP contribution in [0.15, 0.2) is 48.5 Å². The van der Waals surface area contributed by atoms with Crippen LogP contribution in [0.4, 0.5) is 0 Å². The second-order valence-corrected chi connectivity index (χ2v) is 8.48. The first-order chi connectivity index (χ1) is 13.3. The van der Waals surface area contributed by atoms with Crippen molar-refractivity contribution < 1.29 is 9.47 Å². The van der Waals surface area contributed by atoms with Crippen molar-refractivity contribution in [3.05, 3.63) is 70.8 Å². The third-order valence-electron chi connectivity index (χ3n) is 7.01. The van der Waals surface area contributed by atoms with E-state index in [-0.39, 0.29) is 12.2 Å². The predicted octanol–water partition coefficient (Wildman–Crippen LogP) is 2.60. The van der Waals surface area contributed by atoms with E-state index in [9.17, 15) is 0 Å². The van der Waals surface area contributed by atoms with E-state index in [1.54, 1.807) is 0 Å². The molecule has 2 aromatic carbocycles. The van der Waals surface area contributed by atoms with E-state index >= 15 is 0 Å². The van der Waals surface area contributed by atoms with Gasteiger partial charge in [-0.25, -0.2) is 0 Å². The van der Waals surface area contributed by atoms with Gasteiger partial charge in [0.25, 0.3) is 0 Å². The first-order valence-corrected chi connectivity index (χ1v) is 10.2. The Bertz CT molecular complexity index is 784. The van der Waals surface area contributed by atoms with E-state index in [0.29, 0.717) is 25.5 Å². The number of fused-ring (bicyclic) bond motifs is 8. The molecule has 0 N–H and O–H groups in total. The molecule has 4 aliphatic rings. The van der Waals surface area contributed by atoms with E-state index in [0.717, 1.165) is 32.4 Å². The number of ether oxygens (including phenoxy) is 2. The van der Waals surface area contributed by atoms with Gasteiger partial charge in [-0.3, -0.25) is 9.80 Å². The van der Waals surface area contributed by atoms with Crippen LogP contribution in [0.1, 0.15) is 22.3 Å². The van der Waals surface area contributed by atoms with E-state index in [1.807, 2.05) is 0 Å². The second kappa shape index (κ2) is 6.42. The number of hydrogen-bond donors (Lipinski definition) is 0. The molecule has 4 nitrogen and oxygen atoms in total. The van der Waals surface area contributed by atoms with Gasteiger partial charge in [-0.05, 0) is 35.1 Å². The van der Waals surface area contributed by atoms with Crippen molar-refractivity contribution in [1.82, 2.24) is 9.80 Å². The zero-order valence-corrected chi connectivity index (χ0v) is 15.6. The van der Waals surface area contributed by atoms with Crippen LogP contribution >= 0.6 is 0 Å². The lowest BCUT2D eigenvalue weighted by Gasteiger charge is -2.38. The van der Waals surface area contributed by atoms with Gasteiger partial charge in [-0.15, -0.1) is 0 Å². The highest BCUT2D eigenvalue weighted by Crippen LogP contribution is 2.34. The summed E-state index contributed by atoms with van der Waals surface area (Å²) in [5.74, 6) is 0. The Hall–Kier alpha value is -1.72. The van der Waals surface area contributed by atoms with Gasteiger partial charge in [0.2, 0.25) is 0 Å². The van der Waals surface area contributed by atoms with Crippen LogP contribution in [-0.4, -0.2) is 54.2 Å². The molecule has 0 spiro atoms. The largest absolute Gasteiger partial charge is 0.361 e. The summed E-state index contributed by atoms with van der Waals surface area (Å²) in [5, 5.41) is 0. The van der Waals surface area contributed by atoms with E-state index in [1.165, 1.54) is 22.3 Å². The molecule has 4 heteroatoms. The minimum atomic E-state index is 0.265. The summed E-state index contributed by atoms with van der Waals surface area (Å²) in [7, 11) is 0. The number of benzene rings is 2. The molecule has 2 fully saturated rings. The van der Waals surface area contributed by atoms with Crippen molar-refractivity contribution in [1.29, 1.82) is 0 Å². The molecule has 2 aliphatic carbocycles. The van der Waals surface area contributed by atoms with Crippen molar-refractivity contribution >= 4 is 0 Å². The molecule has 6 rings (SSSR count). The molecule has 2 heterocycles. The molecular formula is C23H26N2O2. The van der Waals surface area contributed by atoms with Crippen LogP contribution in [0.25, 0.3) is 0 Å². The van der Waals surface area contributed by atoms with Gasteiger partial charge in [0.05, 0.1) is 18.9 Å². The molecule has 0 aromatic heterocycles. The van der Waals surface area contributed by atoms with E-state index < -0.39 is 0 Å². The van der Waals surface area contributed by atoms with E-state index in [4.69, 9.17) is 9.47 Å². The van der Waals surface area contributed by atoms with Crippen molar-refractivity contribution in [3.8, 4) is 0 Å². The lowest BCUT2D eigenvalue weighted by atomic mass is 9.85. The van der Waals surface area contributed by atoms with Gasteiger partial charge < -0.3 is 9.47 Å².